The second kappa shape index (κ2) is 6.82. The lowest BCUT2D eigenvalue weighted by Crippen LogP contribution is -2.04. The third kappa shape index (κ3) is 39.3. The first kappa shape index (κ1) is 13.7. The monoisotopic (exact) mass is 206 g/mol. The van der Waals surface area contributed by atoms with Crippen molar-refractivity contribution in [2.24, 2.45) is 5.73 Å². The van der Waals surface area contributed by atoms with Gasteiger partial charge in [0.05, 0.1) is 6.16 Å². The van der Waals surface area contributed by atoms with Crippen molar-refractivity contribution in [3.05, 3.63) is 0 Å². The number of rotatable bonds is 2. The van der Waals surface area contributed by atoms with Gasteiger partial charge in [-0.2, -0.15) is 0 Å². The number of hydrogen-bond donors (Lipinski definition) is 5. The van der Waals surface area contributed by atoms with Crippen LogP contribution in [0.1, 0.15) is 0 Å². The highest BCUT2D eigenvalue weighted by atomic mass is 31.2. The molecule has 0 bridgehead atoms. The Morgan fingerprint density at radius 3 is 1.64 bits per heavy atom. The van der Waals surface area contributed by atoms with E-state index in [1.54, 1.807) is 0 Å². The van der Waals surface area contributed by atoms with Crippen molar-refractivity contribution in [3.63, 3.8) is 0 Å². The van der Waals surface area contributed by atoms with Crippen LogP contribution in [0.25, 0.3) is 0 Å². The van der Waals surface area contributed by atoms with Crippen molar-refractivity contribution in [1.29, 1.82) is 0 Å². The van der Waals surface area contributed by atoms with E-state index in [-0.39, 0.29) is 12.7 Å². The molecule has 0 saturated heterocycles. The molecule has 0 atom stereocenters. The van der Waals surface area contributed by atoms with E-state index < -0.39 is 15.9 Å². The van der Waals surface area contributed by atoms with E-state index in [2.05, 4.69) is 0 Å². The standard InChI is InChI=1S/C2H8NO3P.HO3P/c3-1-2-7(4,5)6;1-4(2)3/h1-3H2,(H2,4,5,6);(H-,1,2,3)/p+1. The van der Waals surface area contributed by atoms with Crippen LogP contribution >= 0.6 is 15.9 Å². The smallest absolute Gasteiger partial charge is 0.330 e. The van der Waals surface area contributed by atoms with Crippen LogP contribution in [0.2, 0.25) is 0 Å². The summed E-state index contributed by atoms with van der Waals surface area (Å²) in [5.74, 6) is 0. The molecule has 0 amide bonds. The molecule has 0 aromatic rings. The fourth-order valence-corrected chi connectivity index (χ4v) is 0.505. The summed E-state index contributed by atoms with van der Waals surface area (Å²) < 4.78 is 18.5. The normalized spacial score (nSPS) is 9.91. The molecule has 68 valence electrons. The van der Waals surface area contributed by atoms with Crippen LogP contribution in [0, 0.1) is 0 Å². The molecule has 0 fully saturated rings. The molecule has 0 spiro atoms. The fraction of sp³-hybridized carbons (Fsp3) is 1.00. The van der Waals surface area contributed by atoms with Gasteiger partial charge in [-0.3, -0.25) is 4.57 Å². The minimum atomic E-state index is -3.79. The molecule has 9 heteroatoms. The third-order valence-corrected chi connectivity index (χ3v) is 1.26. The second-order valence-electron chi connectivity index (χ2n) is 1.43. The predicted octanol–water partition coefficient (Wildman–Crippen LogP) is -1.25. The summed E-state index contributed by atoms with van der Waals surface area (Å²) >= 11 is 0. The lowest BCUT2D eigenvalue weighted by Gasteiger charge is -1.96. The third-order valence-electron chi connectivity index (χ3n) is 0.420. The maximum Gasteiger partial charge on any atom is 0.692 e. The summed E-state index contributed by atoms with van der Waals surface area (Å²) in [5, 5.41) is 0. The van der Waals surface area contributed by atoms with Crippen LogP contribution in [-0.4, -0.2) is 32.3 Å². The van der Waals surface area contributed by atoms with Crippen LogP contribution in [0.15, 0.2) is 0 Å². The Morgan fingerprint density at radius 1 is 1.36 bits per heavy atom. The lowest BCUT2D eigenvalue weighted by atomic mass is 10.8. The van der Waals surface area contributed by atoms with Gasteiger partial charge in [-0.1, -0.05) is 0 Å². The molecule has 0 rings (SSSR count). The number of nitrogens with two attached hydrogens (primary N) is 1. The fourth-order valence-electron chi connectivity index (χ4n) is 0.168. The van der Waals surface area contributed by atoms with E-state index in [1.165, 1.54) is 0 Å². The van der Waals surface area contributed by atoms with Gasteiger partial charge in [0.1, 0.15) is 0 Å². The Hall–Kier alpha value is 0.130. The van der Waals surface area contributed by atoms with Gasteiger partial charge in [-0.15, -0.1) is 9.79 Å². The Kier molecular flexibility index (Phi) is 8.49. The van der Waals surface area contributed by atoms with Gasteiger partial charge >= 0.3 is 15.9 Å². The molecule has 0 unspecified atom stereocenters. The maximum atomic E-state index is 9.85. The Morgan fingerprint density at radius 2 is 1.64 bits per heavy atom. The molecule has 0 saturated carbocycles. The molecule has 0 aliphatic heterocycles. The zero-order valence-corrected chi connectivity index (χ0v) is 7.28. The second-order valence-corrected chi connectivity index (χ2v) is 3.71. The van der Waals surface area contributed by atoms with Gasteiger partial charge in [0.2, 0.25) is 0 Å². The van der Waals surface area contributed by atoms with Gasteiger partial charge in [0, 0.05) is 11.1 Å². The first-order chi connectivity index (χ1) is 4.79. The predicted molar refractivity (Wildman–Crippen MR) is 38.0 cm³/mol. The van der Waals surface area contributed by atoms with E-state index >= 15 is 0 Å². The van der Waals surface area contributed by atoms with Gasteiger partial charge in [-0.05, 0) is 0 Å². The first-order valence-corrected chi connectivity index (χ1v) is 5.35. The molecule has 0 radical (unpaired) electrons. The summed E-state index contributed by atoms with van der Waals surface area (Å²) in [6, 6.07) is 0. The first-order valence-electron chi connectivity index (χ1n) is 2.39. The quantitative estimate of drug-likeness (QED) is 0.355. The minimum Gasteiger partial charge on any atom is -0.330 e. The van der Waals surface area contributed by atoms with Gasteiger partial charge < -0.3 is 15.5 Å². The van der Waals surface area contributed by atoms with Gasteiger partial charge in [-0.25, -0.2) is 0 Å². The molecular formula is C2H10NO6P2+. The van der Waals surface area contributed by atoms with E-state index in [0.717, 1.165) is 0 Å². The van der Waals surface area contributed by atoms with Crippen molar-refractivity contribution in [3.8, 4) is 0 Å². The van der Waals surface area contributed by atoms with Crippen molar-refractivity contribution in [1.82, 2.24) is 0 Å². The topological polar surface area (TPSA) is 141 Å². The Labute approximate surface area is 64.0 Å². The molecule has 11 heavy (non-hydrogen) atoms. The highest BCUT2D eigenvalue weighted by Crippen LogP contribution is 2.32. The van der Waals surface area contributed by atoms with Gasteiger partial charge in [0.15, 0.2) is 0 Å². The van der Waals surface area contributed by atoms with Crippen LogP contribution in [0.3, 0.4) is 0 Å². The number of hydrogen-bond acceptors (Lipinski definition) is 3. The average Bonchev–Trinajstić information content (AvgIpc) is 1.58. The van der Waals surface area contributed by atoms with Crippen LogP contribution in [-0.2, 0) is 9.13 Å². The summed E-state index contributed by atoms with van der Waals surface area (Å²) in [4.78, 5) is 30.3. The highest BCUT2D eigenvalue weighted by Gasteiger charge is 2.08. The van der Waals surface area contributed by atoms with Gasteiger partial charge in [0.25, 0.3) is 0 Å². The molecule has 7 nitrogen and oxygen atoms in total. The maximum absolute atomic E-state index is 9.85. The van der Waals surface area contributed by atoms with Crippen molar-refractivity contribution < 1.29 is 28.7 Å². The zero-order valence-electron chi connectivity index (χ0n) is 5.49. The zero-order chi connectivity index (χ0) is 9.49. The lowest BCUT2D eigenvalue weighted by molar-refractivity contribution is 0.373. The van der Waals surface area contributed by atoms with E-state index in [0.29, 0.717) is 0 Å². The summed E-state index contributed by atoms with van der Waals surface area (Å²) in [6.45, 7) is 0.0459. The molecule has 0 aromatic carbocycles. The largest absolute Gasteiger partial charge is 0.692 e. The summed E-state index contributed by atoms with van der Waals surface area (Å²) in [7, 11) is -6.66. The molecular weight excluding hydrogens is 196 g/mol. The highest BCUT2D eigenvalue weighted by molar-refractivity contribution is 7.51. The average molecular weight is 206 g/mol. The molecule has 0 aliphatic rings. The molecule has 0 heterocycles. The minimum absolute atomic E-state index is 0.0459. The van der Waals surface area contributed by atoms with Crippen LogP contribution in [0.5, 0.6) is 0 Å². The van der Waals surface area contributed by atoms with Crippen LogP contribution in [0.4, 0.5) is 0 Å². The summed E-state index contributed by atoms with van der Waals surface area (Å²) in [6.07, 6.45) is -0.215. The van der Waals surface area contributed by atoms with Crippen molar-refractivity contribution in [2.45, 2.75) is 0 Å². The van der Waals surface area contributed by atoms with E-state index in [1.807, 2.05) is 0 Å². The van der Waals surface area contributed by atoms with Crippen molar-refractivity contribution in [2.75, 3.05) is 12.7 Å². The summed E-state index contributed by atoms with van der Waals surface area (Å²) in [5.41, 5.74) is 4.82. The molecule has 0 aliphatic carbocycles. The van der Waals surface area contributed by atoms with E-state index in [9.17, 15) is 4.57 Å². The molecule has 6 N–H and O–H groups in total. The van der Waals surface area contributed by atoms with Crippen molar-refractivity contribution >= 4 is 15.9 Å². The van der Waals surface area contributed by atoms with E-state index in [4.69, 9.17) is 29.9 Å². The SMILES string of the molecule is NCCP(=O)(O)O.O=[P+](O)O. The molecule has 0 aromatic heterocycles. The van der Waals surface area contributed by atoms with Crippen LogP contribution < -0.4 is 5.73 Å². The Bertz CT molecular complexity index is 149. The Balaban J connectivity index is 0.